The molecule has 0 aromatic carbocycles. The molecule has 5 unspecified atom stereocenters. The summed E-state index contributed by atoms with van der Waals surface area (Å²) in [5.41, 5.74) is 6.63. The SMILES string of the molecule is CCC(C)(C)C1CCC(CN)C(N2CC3CCC2C3)C1. The Morgan fingerprint density at radius 1 is 1.10 bits per heavy atom. The van der Waals surface area contributed by atoms with Crippen molar-refractivity contribution < 1.29 is 0 Å². The van der Waals surface area contributed by atoms with E-state index in [-0.39, 0.29) is 0 Å². The molecule has 2 nitrogen and oxygen atoms in total. The van der Waals surface area contributed by atoms with Gasteiger partial charge in [0, 0.05) is 18.6 Å². The number of likely N-dealkylation sites (tertiary alicyclic amines) is 1. The van der Waals surface area contributed by atoms with Crippen LogP contribution in [-0.2, 0) is 0 Å². The van der Waals surface area contributed by atoms with Crippen LogP contribution in [0.1, 0.15) is 65.7 Å². The van der Waals surface area contributed by atoms with Gasteiger partial charge in [-0.25, -0.2) is 0 Å². The second-order valence-corrected chi connectivity index (χ2v) is 8.44. The summed E-state index contributed by atoms with van der Waals surface area (Å²) in [7, 11) is 0. The molecule has 3 aliphatic rings. The monoisotopic (exact) mass is 278 g/mol. The molecule has 5 atom stereocenters. The maximum absolute atomic E-state index is 6.12. The van der Waals surface area contributed by atoms with Crippen molar-refractivity contribution in [2.45, 2.75) is 77.8 Å². The van der Waals surface area contributed by atoms with Crippen LogP contribution < -0.4 is 5.73 Å². The summed E-state index contributed by atoms with van der Waals surface area (Å²) in [5, 5.41) is 0. The minimum Gasteiger partial charge on any atom is -0.330 e. The van der Waals surface area contributed by atoms with Crippen LogP contribution in [0, 0.1) is 23.2 Å². The molecule has 1 aliphatic heterocycles. The summed E-state index contributed by atoms with van der Waals surface area (Å²) in [4.78, 5) is 2.89. The molecule has 2 aliphatic carbocycles. The molecule has 3 fully saturated rings. The van der Waals surface area contributed by atoms with Gasteiger partial charge in [0.05, 0.1) is 0 Å². The Labute approximate surface area is 125 Å². The topological polar surface area (TPSA) is 29.3 Å². The molecule has 3 rings (SSSR count). The average molecular weight is 278 g/mol. The van der Waals surface area contributed by atoms with E-state index in [0.717, 1.165) is 36.4 Å². The van der Waals surface area contributed by atoms with Gasteiger partial charge in [-0.15, -0.1) is 0 Å². The second kappa shape index (κ2) is 5.61. The number of hydrogen-bond acceptors (Lipinski definition) is 2. The Morgan fingerprint density at radius 2 is 1.90 bits per heavy atom. The summed E-state index contributed by atoms with van der Waals surface area (Å²) >= 11 is 0. The van der Waals surface area contributed by atoms with Gasteiger partial charge >= 0.3 is 0 Å². The highest BCUT2D eigenvalue weighted by Gasteiger charge is 2.46. The van der Waals surface area contributed by atoms with E-state index < -0.39 is 0 Å². The minimum atomic E-state index is 0.510. The lowest BCUT2D eigenvalue weighted by molar-refractivity contribution is 0.0220. The normalized spacial score (nSPS) is 42.3. The first-order valence-corrected chi connectivity index (χ1v) is 9.01. The number of hydrogen-bond donors (Lipinski definition) is 1. The highest BCUT2D eigenvalue weighted by atomic mass is 15.2. The molecular formula is C18H34N2. The van der Waals surface area contributed by atoms with Gasteiger partial charge in [-0.05, 0) is 68.2 Å². The molecule has 116 valence electrons. The van der Waals surface area contributed by atoms with Gasteiger partial charge in [-0.3, -0.25) is 4.90 Å². The highest BCUT2D eigenvalue weighted by molar-refractivity contribution is 5.00. The molecule has 1 saturated heterocycles. The van der Waals surface area contributed by atoms with E-state index >= 15 is 0 Å². The van der Waals surface area contributed by atoms with Crippen molar-refractivity contribution >= 4 is 0 Å². The van der Waals surface area contributed by atoms with Crippen molar-refractivity contribution in [1.82, 2.24) is 4.90 Å². The first-order chi connectivity index (χ1) is 9.55. The quantitative estimate of drug-likeness (QED) is 0.850. The minimum absolute atomic E-state index is 0.510. The van der Waals surface area contributed by atoms with Crippen molar-refractivity contribution in [3.05, 3.63) is 0 Å². The van der Waals surface area contributed by atoms with Gasteiger partial charge in [0.25, 0.3) is 0 Å². The molecule has 0 aromatic heterocycles. The largest absolute Gasteiger partial charge is 0.330 e. The fourth-order valence-electron chi connectivity index (χ4n) is 5.26. The van der Waals surface area contributed by atoms with E-state index in [0.29, 0.717) is 5.41 Å². The van der Waals surface area contributed by atoms with E-state index in [9.17, 15) is 0 Å². The Hall–Kier alpha value is -0.0800. The highest BCUT2D eigenvalue weighted by Crippen LogP contribution is 2.47. The summed E-state index contributed by atoms with van der Waals surface area (Å²) in [6.07, 6.45) is 9.92. The van der Waals surface area contributed by atoms with Gasteiger partial charge in [-0.2, -0.15) is 0 Å². The standard InChI is InChI=1S/C18H34N2/c1-4-18(2,3)15-7-6-14(11-19)17(10-15)20-12-13-5-8-16(20)9-13/h13-17H,4-12,19H2,1-3H3. The maximum atomic E-state index is 6.12. The van der Waals surface area contributed by atoms with Crippen LogP contribution in [-0.4, -0.2) is 30.1 Å². The van der Waals surface area contributed by atoms with Gasteiger partial charge in [0.2, 0.25) is 0 Å². The third-order valence-corrected chi connectivity index (χ3v) is 7.15. The predicted octanol–water partition coefficient (Wildman–Crippen LogP) is 3.65. The first kappa shape index (κ1) is 14.8. The number of fused-ring (bicyclic) bond motifs is 2. The fourth-order valence-corrected chi connectivity index (χ4v) is 5.26. The number of nitrogens with zero attached hydrogens (tertiary/aromatic N) is 1. The van der Waals surface area contributed by atoms with Crippen molar-refractivity contribution in [2.75, 3.05) is 13.1 Å². The zero-order valence-corrected chi connectivity index (χ0v) is 13.8. The lowest BCUT2D eigenvalue weighted by atomic mass is 9.65. The molecule has 1 heterocycles. The van der Waals surface area contributed by atoms with Gasteiger partial charge in [0.1, 0.15) is 0 Å². The van der Waals surface area contributed by atoms with Crippen molar-refractivity contribution in [3.63, 3.8) is 0 Å². The molecule has 2 N–H and O–H groups in total. The van der Waals surface area contributed by atoms with Crippen LogP contribution in [0.15, 0.2) is 0 Å². The van der Waals surface area contributed by atoms with Crippen molar-refractivity contribution in [1.29, 1.82) is 0 Å². The summed E-state index contributed by atoms with van der Waals surface area (Å²) in [5.74, 6) is 2.68. The third-order valence-electron chi connectivity index (χ3n) is 7.15. The molecule has 0 amide bonds. The smallest absolute Gasteiger partial charge is 0.0141 e. The number of nitrogens with two attached hydrogens (primary N) is 1. The van der Waals surface area contributed by atoms with E-state index in [1.54, 1.807) is 0 Å². The molecule has 0 aromatic rings. The second-order valence-electron chi connectivity index (χ2n) is 8.44. The van der Waals surface area contributed by atoms with Gasteiger partial charge in [0.15, 0.2) is 0 Å². The van der Waals surface area contributed by atoms with E-state index in [1.807, 2.05) is 0 Å². The Balaban J connectivity index is 1.72. The zero-order valence-electron chi connectivity index (χ0n) is 13.8. The summed E-state index contributed by atoms with van der Waals surface area (Å²) in [6.45, 7) is 9.60. The molecule has 0 spiro atoms. The number of rotatable bonds is 4. The maximum Gasteiger partial charge on any atom is 0.0141 e. The van der Waals surface area contributed by atoms with Gasteiger partial charge < -0.3 is 5.73 Å². The van der Waals surface area contributed by atoms with Crippen LogP contribution >= 0.6 is 0 Å². The molecule has 2 bridgehead atoms. The van der Waals surface area contributed by atoms with Crippen LogP contribution in [0.2, 0.25) is 0 Å². The van der Waals surface area contributed by atoms with E-state index in [1.165, 1.54) is 51.5 Å². The Bertz CT molecular complexity index is 338. The van der Waals surface area contributed by atoms with Crippen LogP contribution in [0.25, 0.3) is 0 Å². The molecule has 20 heavy (non-hydrogen) atoms. The summed E-state index contributed by atoms with van der Waals surface area (Å²) in [6, 6.07) is 1.70. The van der Waals surface area contributed by atoms with Crippen molar-refractivity contribution in [2.24, 2.45) is 28.9 Å². The van der Waals surface area contributed by atoms with Crippen LogP contribution in [0.4, 0.5) is 0 Å². The zero-order chi connectivity index (χ0) is 14.3. The summed E-state index contributed by atoms with van der Waals surface area (Å²) < 4.78 is 0. The van der Waals surface area contributed by atoms with Crippen LogP contribution in [0.3, 0.4) is 0 Å². The Kier molecular flexibility index (Phi) is 4.16. The van der Waals surface area contributed by atoms with E-state index in [4.69, 9.17) is 5.73 Å². The van der Waals surface area contributed by atoms with E-state index in [2.05, 4.69) is 25.7 Å². The predicted molar refractivity (Wildman–Crippen MR) is 85.6 cm³/mol. The van der Waals surface area contributed by atoms with Gasteiger partial charge in [-0.1, -0.05) is 27.2 Å². The first-order valence-electron chi connectivity index (χ1n) is 9.01. The fraction of sp³-hybridized carbons (Fsp3) is 1.00. The lowest BCUT2D eigenvalue weighted by Crippen LogP contribution is -2.51. The average Bonchev–Trinajstić information content (AvgIpc) is 3.09. The van der Waals surface area contributed by atoms with Crippen molar-refractivity contribution in [3.8, 4) is 0 Å². The lowest BCUT2D eigenvalue weighted by Gasteiger charge is -2.48. The van der Waals surface area contributed by atoms with Crippen LogP contribution in [0.5, 0.6) is 0 Å². The number of piperidine rings is 1. The molecular weight excluding hydrogens is 244 g/mol. The third kappa shape index (κ3) is 2.54. The molecule has 2 saturated carbocycles. The molecule has 0 radical (unpaired) electrons. The Morgan fingerprint density at radius 3 is 2.45 bits per heavy atom. The molecule has 2 heteroatoms.